The van der Waals surface area contributed by atoms with E-state index in [-0.39, 0.29) is 5.41 Å². The van der Waals surface area contributed by atoms with Crippen molar-refractivity contribution in [2.45, 2.75) is 11.8 Å². The maximum absolute atomic E-state index is 4.27. The van der Waals surface area contributed by atoms with E-state index in [1.807, 2.05) is 24.4 Å². The third kappa shape index (κ3) is 1.24. The third-order valence-corrected chi connectivity index (χ3v) is 2.40. The smallest absolute Gasteiger partial charge is 0.120 e. The lowest BCUT2D eigenvalue weighted by Crippen LogP contribution is -2.22. The van der Waals surface area contributed by atoms with Gasteiger partial charge in [0.1, 0.15) is 5.82 Å². The molecule has 1 heterocycles. The highest BCUT2D eigenvalue weighted by molar-refractivity contribution is 5.33. The van der Waals surface area contributed by atoms with E-state index in [2.05, 4.69) is 28.7 Å². The van der Waals surface area contributed by atoms with Crippen molar-refractivity contribution in [3.05, 3.63) is 55.2 Å². The molecule has 1 aromatic heterocycles. The molecule has 0 spiro atoms. The summed E-state index contributed by atoms with van der Waals surface area (Å²) in [7, 11) is 0. The van der Waals surface area contributed by atoms with Crippen LogP contribution in [-0.2, 0) is 5.41 Å². The first-order chi connectivity index (χ1) is 6.37. The lowest BCUT2D eigenvalue weighted by Gasteiger charge is -2.24. The van der Waals surface area contributed by atoms with Gasteiger partial charge < -0.3 is 4.98 Å². The second kappa shape index (κ2) is 3.05. The Labute approximate surface area is 77.7 Å². The van der Waals surface area contributed by atoms with E-state index >= 15 is 0 Å². The minimum Gasteiger partial charge on any atom is -0.348 e. The van der Waals surface area contributed by atoms with Crippen LogP contribution in [0.4, 0.5) is 0 Å². The van der Waals surface area contributed by atoms with Crippen molar-refractivity contribution in [3.8, 4) is 0 Å². The highest BCUT2D eigenvalue weighted by Crippen LogP contribution is 2.30. The van der Waals surface area contributed by atoms with Crippen LogP contribution >= 0.6 is 0 Å². The van der Waals surface area contributed by atoms with Gasteiger partial charge in [0.2, 0.25) is 0 Å². The van der Waals surface area contributed by atoms with E-state index in [4.69, 9.17) is 0 Å². The van der Waals surface area contributed by atoms with Gasteiger partial charge in [-0.25, -0.2) is 4.98 Å². The first kappa shape index (κ1) is 8.05. The van der Waals surface area contributed by atoms with Crippen LogP contribution in [-0.4, -0.2) is 9.97 Å². The van der Waals surface area contributed by atoms with Gasteiger partial charge >= 0.3 is 0 Å². The number of nitrogens with one attached hydrogen (secondary N) is 1. The number of imidazole rings is 1. The fourth-order valence-corrected chi connectivity index (χ4v) is 1.58. The molecule has 1 N–H and O–H groups in total. The second-order valence-electron chi connectivity index (χ2n) is 3.17. The molecule has 1 atom stereocenters. The predicted octanol–water partition coefficient (Wildman–Crippen LogP) is 2.35. The first-order valence-corrected chi connectivity index (χ1v) is 4.35. The summed E-state index contributed by atoms with van der Waals surface area (Å²) in [5, 5.41) is 0. The molecule has 1 aromatic rings. The zero-order chi connectivity index (χ0) is 9.15. The van der Waals surface area contributed by atoms with Crippen molar-refractivity contribution in [2.75, 3.05) is 0 Å². The van der Waals surface area contributed by atoms with Gasteiger partial charge in [-0.1, -0.05) is 30.4 Å². The average molecular weight is 172 g/mol. The van der Waals surface area contributed by atoms with Crippen molar-refractivity contribution in [1.82, 2.24) is 9.97 Å². The molecule has 0 amide bonds. The average Bonchev–Trinajstić information content (AvgIpc) is 2.72. The Morgan fingerprint density at radius 3 is 3.00 bits per heavy atom. The lowest BCUT2D eigenvalue weighted by molar-refractivity contribution is 0.633. The highest BCUT2D eigenvalue weighted by atomic mass is 14.9. The number of H-pyrrole nitrogens is 1. The number of nitrogens with zero attached hydrogens (tertiary/aromatic N) is 1. The van der Waals surface area contributed by atoms with Gasteiger partial charge in [0, 0.05) is 12.4 Å². The van der Waals surface area contributed by atoms with Gasteiger partial charge in [-0.15, -0.1) is 6.58 Å². The third-order valence-electron chi connectivity index (χ3n) is 2.40. The molecule has 1 aliphatic rings. The molecule has 2 nitrogen and oxygen atoms in total. The summed E-state index contributed by atoms with van der Waals surface area (Å²) in [4.78, 5) is 7.40. The van der Waals surface area contributed by atoms with E-state index in [9.17, 15) is 0 Å². The van der Waals surface area contributed by atoms with Crippen LogP contribution in [0.3, 0.4) is 0 Å². The molecule has 2 heteroatoms. The number of rotatable bonds is 2. The van der Waals surface area contributed by atoms with E-state index in [1.165, 1.54) is 0 Å². The van der Waals surface area contributed by atoms with Gasteiger partial charge in [-0.3, -0.25) is 0 Å². The number of aromatic amines is 1. The van der Waals surface area contributed by atoms with Gasteiger partial charge in [0.25, 0.3) is 0 Å². The van der Waals surface area contributed by atoms with Gasteiger partial charge in [0.05, 0.1) is 5.41 Å². The van der Waals surface area contributed by atoms with Gasteiger partial charge in [-0.2, -0.15) is 0 Å². The van der Waals surface area contributed by atoms with Crippen LogP contribution in [0.25, 0.3) is 0 Å². The molecule has 0 bridgehead atoms. The maximum atomic E-state index is 4.27. The summed E-state index contributed by atoms with van der Waals surface area (Å²) >= 11 is 0. The van der Waals surface area contributed by atoms with E-state index in [1.54, 1.807) is 6.20 Å². The fourth-order valence-electron chi connectivity index (χ4n) is 1.58. The normalized spacial score (nSPS) is 26.2. The van der Waals surface area contributed by atoms with Crippen LogP contribution in [0.15, 0.2) is 49.4 Å². The summed E-state index contributed by atoms with van der Waals surface area (Å²) in [5.74, 6) is 0.961. The molecule has 1 aliphatic carbocycles. The van der Waals surface area contributed by atoms with Crippen molar-refractivity contribution in [3.63, 3.8) is 0 Å². The Morgan fingerprint density at radius 2 is 2.46 bits per heavy atom. The Balaban J connectivity index is 2.42. The quantitative estimate of drug-likeness (QED) is 0.681. The van der Waals surface area contributed by atoms with Crippen molar-refractivity contribution in [2.24, 2.45) is 0 Å². The zero-order valence-corrected chi connectivity index (χ0v) is 7.40. The van der Waals surface area contributed by atoms with Crippen molar-refractivity contribution < 1.29 is 0 Å². The summed E-state index contributed by atoms with van der Waals surface area (Å²) < 4.78 is 0. The van der Waals surface area contributed by atoms with E-state index < -0.39 is 0 Å². The van der Waals surface area contributed by atoms with Crippen LogP contribution in [0.2, 0.25) is 0 Å². The maximum Gasteiger partial charge on any atom is 0.120 e. The number of hydrogen-bond donors (Lipinski definition) is 1. The fraction of sp³-hybridized carbons (Fsp3) is 0.182. The predicted molar refractivity (Wildman–Crippen MR) is 53.4 cm³/mol. The minimum absolute atomic E-state index is 0.127. The number of hydrogen-bond acceptors (Lipinski definition) is 1. The molecule has 13 heavy (non-hydrogen) atoms. The van der Waals surface area contributed by atoms with Crippen LogP contribution in [0, 0.1) is 0 Å². The molecule has 0 unspecified atom stereocenters. The molecule has 2 rings (SSSR count). The molecule has 0 fully saturated rings. The zero-order valence-electron chi connectivity index (χ0n) is 7.40. The standard InChI is InChI=1S/C11H12N2/c1-2-11(6-4-3-5-7-11)10-12-8-9-13-10/h2-6,8-9H,1,7H2,(H,12,13)/t11-/m1/s1. The molecule has 0 saturated carbocycles. The summed E-state index contributed by atoms with van der Waals surface area (Å²) in [5.41, 5.74) is -0.127. The SMILES string of the molecule is C=C[C@@]1(c2ncc[nH]2)C=CC=CC1. The Hall–Kier alpha value is -1.57. The van der Waals surface area contributed by atoms with Gasteiger partial charge in [-0.05, 0) is 6.42 Å². The second-order valence-corrected chi connectivity index (χ2v) is 3.17. The topological polar surface area (TPSA) is 28.7 Å². The lowest BCUT2D eigenvalue weighted by atomic mass is 9.81. The molecular formula is C11H12N2. The molecule has 0 aromatic carbocycles. The summed E-state index contributed by atoms with van der Waals surface area (Å²) in [6.45, 7) is 3.87. The Bertz CT molecular complexity index is 346. The number of aromatic nitrogens is 2. The molecule has 0 aliphatic heterocycles. The van der Waals surface area contributed by atoms with E-state index in [0.717, 1.165) is 12.2 Å². The van der Waals surface area contributed by atoms with Crippen LogP contribution in [0.5, 0.6) is 0 Å². The largest absolute Gasteiger partial charge is 0.348 e. The molecular weight excluding hydrogens is 160 g/mol. The molecule has 0 saturated heterocycles. The Kier molecular flexibility index (Phi) is 1.89. The van der Waals surface area contributed by atoms with Gasteiger partial charge in [0.15, 0.2) is 0 Å². The van der Waals surface area contributed by atoms with E-state index in [0.29, 0.717) is 0 Å². The first-order valence-electron chi connectivity index (χ1n) is 4.35. The monoisotopic (exact) mass is 172 g/mol. The highest BCUT2D eigenvalue weighted by Gasteiger charge is 2.27. The summed E-state index contributed by atoms with van der Waals surface area (Å²) in [6.07, 6.45) is 14.8. The minimum atomic E-state index is -0.127. The molecule has 66 valence electrons. The van der Waals surface area contributed by atoms with Crippen molar-refractivity contribution >= 4 is 0 Å². The van der Waals surface area contributed by atoms with Crippen LogP contribution in [0.1, 0.15) is 12.2 Å². The van der Waals surface area contributed by atoms with Crippen LogP contribution < -0.4 is 0 Å². The summed E-state index contributed by atoms with van der Waals surface area (Å²) in [6, 6.07) is 0. The van der Waals surface area contributed by atoms with Crippen molar-refractivity contribution in [1.29, 1.82) is 0 Å². The molecule has 0 radical (unpaired) electrons. The Morgan fingerprint density at radius 1 is 1.54 bits per heavy atom. The number of allylic oxidation sites excluding steroid dienone is 5.